The first-order valence-electron chi connectivity index (χ1n) is 11.7. The molecule has 32 heavy (non-hydrogen) atoms. The molecular weight excluding hydrogens is 402 g/mol. The second-order valence-electron chi connectivity index (χ2n) is 9.85. The van der Waals surface area contributed by atoms with E-state index in [1.807, 2.05) is 36.4 Å². The van der Waals surface area contributed by atoms with Crippen LogP contribution in [0.15, 0.2) is 48.5 Å². The summed E-state index contributed by atoms with van der Waals surface area (Å²) in [6.07, 6.45) is 3.16. The lowest BCUT2D eigenvalue weighted by molar-refractivity contribution is -0.179. The largest absolute Gasteiger partial charge is 0.497 e. The normalized spacial score (nSPS) is 31.7. The Bertz CT molecular complexity index is 992. The summed E-state index contributed by atoms with van der Waals surface area (Å²) in [7, 11) is 3.78. The Kier molecular flexibility index (Phi) is 5.60. The predicted octanol–water partition coefficient (Wildman–Crippen LogP) is 3.51. The summed E-state index contributed by atoms with van der Waals surface area (Å²) in [6.45, 7) is 1.97. The van der Waals surface area contributed by atoms with Crippen LogP contribution in [-0.4, -0.2) is 54.7 Å². The molecule has 1 N–H and O–H groups in total. The monoisotopic (exact) mass is 435 g/mol. The van der Waals surface area contributed by atoms with Crippen molar-refractivity contribution in [2.24, 2.45) is 5.92 Å². The van der Waals surface area contributed by atoms with Gasteiger partial charge in [-0.2, -0.15) is 0 Å². The highest BCUT2D eigenvalue weighted by Crippen LogP contribution is 2.58. The molecule has 1 aliphatic heterocycles. The number of piperidine rings is 1. The van der Waals surface area contributed by atoms with Gasteiger partial charge in [-0.25, -0.2) is 0 Å². The fourth-order valence-corrected chi connectivity index (χ4v) is 6.48. The zero-order valence-corrected chi connectivity index (χ0v) is 19.0. The number of aliphatic hydroxyl groups is 1. The zero-order valence-electron chi connectivity index (χ0n) is 19.0. The molecule has 0 spiro atoms. The Morgan fingerprint density at radius 1 is 1.19 bits per heavy atom. The van der Waals surface area contributed by atoms with E-state index in [9.17, 15) is 9.90 Å². The van der Waals surface area contributed by atoms with Gasteiger partial charge in [0.2, 0.25) is 0 Å². The number of hydrogen-bond donors (Lipinski definition) is 1. The van der Waals surface area contributed by atoms with Crippen LogP contribution < -0.4 is 4.74 Å². The second-order valence-corrected chi connectivity index (χ2v) is 9.85. The number of Topliss-reactive ketones (excluding diaryl/α,β-unsaturated/α-hetero) is 1. The average Bonchev–Trinajstić information content (AvgIpc) is 2.80. The van der Waals surface area contributed by atoms with Crippen molar-refractivity contribution >= 4 is 5.78 Å². The molecule has 170 valence electrons. The number of hydrogen-bond acceptors (Lipinski definition) is 5. The van der Waals surface area contributed by atoms with E-state index in [-0.39, 0.29) is 17.7 Å². The number of ether oxygens (including phenoxy) is 2. The molecule has 2 aliphatic carbocycles. The number of likely N-dealkylation sites (N-methyl/N-ethyl adjacent to an activating group) is 1. The summed E-state index contributed by atoms with van der Waals surface area (Å²) in [5, 5.41) is 12.3. The van der Waals surface area contributed by atoms with Crippen molar-refractivity contribution in [1.29, 1.82) is 0 Å². The third kappa shape index (κ3) is 3.38. The van der Waals surface area contributed by atoms with Crippen LogP contribution in [0.2, 0.25) is 0 Å². The number of ketones is 1. The minimum absolute atomic E-state index is 0.0259. The number of carbonyl (C=O) groups excluding carboxylic acids is 1. The number of carbonyl (C=O) groups is 1. The van der Waals surface area contributed by atoms with Gasteiger partial charge in [0.15, 0.2) is 0 Å². The molecule has 2 aromatic rings. The number of benzene rings is 2. The van der Waals surface area contributed by atoms with E-state index >= 15 is 0 Å². The van der Waals surface area contributed by atoms with Gasteiger partial charge in [0.05, 0.1) is 19.3 Å². The minimum Gasteiger partial charge on any atom is -0.497 e. The van der Waals surface area contributed by atoms with Gasteiger partial charge in [-0.15, -0.1) is 0 Å². The van der Waals surface area contributed by atoms with E-state index in [2.05, 4.69) is 24.1 Å². The van der Waals surface area contributed by atoms with Gasteiger partial charge in [-0.1, -0.05) is 36.4 Å². The Labute approximate surface area is 190 Å². The Hall–Kier alpha value is -2.21. The number of methoxy groups -OCH3 is 1. The Balaban J connectivity index is 1.38. The summed E-state index contributed by atoms with van der Waals surface area (Å²) in [6, 6.07) is 16.3. The molecule has 0 aromatic heterocycles. The molecule has 0 amide bonds. The molecule has 1 saturated carbocycles. The maximum Gasteiger partial charge on any atom is 0.137 e. The van der Waals surface area contributed by atoms with Crippen molar-refractivity contribution in [3.63, 3.8) is 0 Å². The molecule has 5 nitrogen and oxygen atoms in total. The summed E-state index contributed by atoms with van der Waals surface area (Å²) < 4.78 is 11.4. The van der Waals surface area contributed by atoms with Gasteiger partial charge < -0.3 is 19.5 Å². The first-order valence-corrected chi connectivity index (χ1v) is 11.7. The predicted molar refractivity (Wildman–Crippen MR) is 123 cm³/mol. The summed E-state index contributed by atoms with van der Waals surface area (Å²) in [5.41, 5.74) is 2.05. The van der Waals surface area contributed by atoms with Crippen molar-refractivity contribution in [3.05, 3.63) is 65.2 Å². The molecule has 1 saturated heterocycles. The molecule has 1 heterocycles. The molecule has 5 rings (SSSR count). The van der Waals surface area contributed by atoms with E-state index in [1.165, 1.54) is 5.56 Å². The fraction of sp³-hybridized carbons (Fsp3) is 0.519. The smallest absolute Gasteiger partial charge is 0.137 e. The SMILES string of the molecule is COc1ccc2c(c1)C13CCN(C)C(C2)C1(O)CC(CCOCc1ccccc1)C(=O)C3. The summed E-state index contributed by atoms with van der Waals surface area (Å²) in [5.74, 6) is 0.892. The quantitative estimate of drug-likeness (QED) is 0.704. The Morgan fingerprint density at radius 3 is 2.78 bits per heavy atom. The van der Waals surface area contributed by atoms with Crippen molar-refractivity contribution in [1.82, 2.24) is 4.90 Å². The lowest BCUT2D eigenvalue weighted by Crippen LogP contribution is -2.73. The van der Waals surface area contributed by atoms with Crippen LogP contribution in [0.3, 0.4) is 0 Å². The van der Waals surface area contributed by atoms with Crippen molar-refractivity contribution in [2.45, 2.75) is 55.8 Å². The molecule has 4 unspecified atom stereocenters. The molecule has 0 radical (unpaired) electrons. The zero-order chi connectivity index (χ0) is 22.3. The van der Waals surface area contributed by atoms with Crippen LogP contribution in [-0.2, 0) is 28.0 Å². The van der Waals surface area contributed by atoms with E-state index in [0.29, 0.717) is 32.5 Å². The van der Waals surface area contributed by atoms with Crippen LogP contribution in [0, 0.1) is 5.92 Å². The molecular formula is C27H33NO4. The molecule has 4 atom stereocenters. The Morgan fingerprint density at radius 2 is 2.00 bits per heavy atom. The molecule has 5 heteroatoms. The third-order valence-corrected chi connectivity index (χ3v) is 8.26. The van der Waals surface area contributed by atoms with Gasteiger partial charge in [0.25, 0.3) is 0 Å². The fourth-order valence-electron chi connectivity index (χ4n) is 6.48. The minimum atomic E-state index is -0.919. The lowest BCUT2D eigenvalue weighted by atomic mass is 9.48. The van der Waals surface area contributed by atoms with E-state index in [0.717, 1.165) is 36.3 Å². The van der Waals surface area contributed by atoms with Crippen LogP contribution in [0.25, 0.3) is 0 Å². The highest BCUT2D eigenvalue weighted by atomic mass is 16.5. The first kappa shape index (κ1) is 21.6. The van der Waals surface area contributed by atoms with E-state index in [1.54, 1.807) is 7.11 Å². The third-order valence-electron chi connectivity index (χ3n) is 8.26. The maximum atomic E-state index is 13.4. The number of fused-ring (bicyclic) bond motifs is 1. The molecule has 2 aromatic carbocycles. The standard InChI is InChI=1S/C27H33NO4/c1-28-12-11-26-17-24(29)21(10-13-32-18-19-6-4-3-5-7-19)16-27(26,30)25(28)14-20-8-9-22(31-2)15-23(20)26/h3-9,15,21,25,30H,10-14,16-18H2,1-2H3. The van der Waals surface area contributed by atoms with Gasteiger partial charge in [0, 0.05) is 30.4 Å². The maximum absolute atomic E-state index is 13.4. The average molecular weight is 436 g/mol. The highest BCUT2D eigenvalue weighted by Gasteiger charge is 2.65. The van der Waals surface area contributed by atoms with Gasteiger partial charge >= 0.3 is 0 Å². The molecule has 3 aliphatic rings. The van der Waals surface area contributed by atoms with Gasteiger partial charge in [0.1, 0.15) is 11.5 Å². The number of rotatable bonds is 6. The summed E-state index contributed by atoms with van der Waals surface area (Å²) >= 11 is 0. The first-order chi connectivity index (χ1) is 15.5. The lowest BCUT2D eigenvalue weighted by Gasteiger charge is -2.63. The van der Waals surface area contributed by atoms with Crippen molar-refractivity contribution < 1.29 is 19.4 Å². The van der Waals surface area contributed by atoms with Crippen molar-refractivity contribution in [2.75, 3.05) is 27.3 Å². The second kappa shape index (κ2) is 8.29. The summed E-state index contributed by atoms with van der Waals surface area (Å²) in [4.78, 5) is 15.7. The number of likely N-dealkylation sites (tertiary alicyclic amines) is 1. The van der Waals surface area contributed by atoms with Gasteiger partial charge in [-0.3, -0.25) is 4.79 Å². The van der Waals surface area contributed by atoms with Crippen LogP contribution >= 0.6 is 0 Å². The highest BCUT2D eigenvalue weighted by molar-refractivity contribution is 5.85. The van der Waals surface area contributed by atoms with Crippen LogP contribution in [0.4, 0.5) is 0 Å². The van der Waals surface area contributed by atoms with Gasteiger partial charge in [-0.05, 0) is 68.1 Å². The van der Waals surface area contributed by atoms with Crippen LogP contribution in [0.1, 0.15) is 42.4 Å². The van der Waals surface area contributed by atoms with E-state index in [4.69, 9.17) is 9.47 Å². The molecule has 2 fully saturated rings. The van der Waals surface area contributed by atoms with E-state index < -0.39 is 11.0 Å². The van der Waals surface area contributed by atoms with Crippen molar-refractivity contribution in [3.8, 4) is 5.75 Å². The topological polar surface area (TPSA) is 59.0 Å². The van der Waals surface area contributed by atoms with Crippen LogP contribution in [0.5, 0.6) is 5.75 Å². The number of nitrogens with zero attached hydrogens (tertiary/aromatic N) is 1. The molecule has 2 bridgehead atoms.